The van der Waals surface area contributed by atoms with E-state index in [1.165, 1.54) is 0 Å². The lowest BCUT2D eigenvalue weighted by molar-refractivity contribution is 0.0930. The van der Waals surface area contributed by atoms with Crippen molar-refractivity contribution in [3.63, 3.8) is 0 Å². The van der Waals surface area contributed by atoms with E-state index in [2.05, 4.69) is 20.8 Å². The quantitative estimate of drug-likeness (QED) is 0.880. The van der Waals surface area contributed by atoms with Gasteiger partial charge in [0, 0.05) is 11.9 Å². The summed E-state index contributed by atoms with van der Waals surface area (Å²) < 4.78 is 0. The number of hydrogen-bond acceptors (Lipinski definition) is 5. The van der Waals surface area contributed by atoms with Crippen LogP contribution in [0.3, 0.4) is 0 Å². The fraction of sp³-hybridized carbons (Fsp3) is 0.308. The highest BCUT2D eigenvalue weighted by molar-refractivity contribution is 7.10. The van der Waals surface area contributed by atoms with E-state index in [1.54, 1.807) is 30.5 Å². The van der Waals surface area contributed by atoms with Crippen molar-refractivity contribution >= 4 is 23.1 Å². The van der Waals surface area contributed by atoms with E-state index < -0.39 is 0 Å². The first kappa shape index (κ1) is 13.5. The van der Waals surface area contributed by atoms with E-state index in [9.17, 15) is 4.79 Å². The number of thiophene rings is 1. The zero-order valence-electron chi connectivity index (χ0n) is 10.9. The average Bonchev–Trinajstić information content (AvgIpc) is 2.98. The molecule has 1 atom stereocenters. The monoisotopic (exact) mass is 276 g/mol. The van der Waals surface area contributed by atoms with Crippen LogP contribution in [0.5, 0.6) is 0 Å². The zero-order valence-corrected chi connectivity index (χ0v) is 11.7. The second kappa shape index (κ2) is 6.29. The predicted molar refractivity (Wildman–Crippen MR) is 76.4 cm³/mol. The third kappa shape index (κ3) is 3.29. The molecule has 0 saturated carbocycles. The summed E-state index contributed by atoms with van der Waals surface area (Å²) in [4.78, 5) is 13.2. The maximum absolute atomic E-state index is 12.1. The molecule has 100 valence electrons. The number of amides is 1. The summed E-state index contributed by atoms with van der Waals surface area (Å²) in [5.74, 6) is 0.442. The van der Waals surface area contributed by atoms with Gasteiger partial charge < -0.3 is 10.6 Å². The molecule has 0 fully saturated rings. The van der Waals surface area contributed by atoms with Crippen LogP contribution in [0.1, 0.15) is 34.8 Å². The van der Waals surface area contributed by atoms with Crippen molar-refractivity contribution in [3.05, 3.63) is 40.2 Å². The molecule has 2 aromatic heterocycles. The summed E-state index contributed by atoms with van der Waals surface area (Å²) in [5, 5.41) is 15.6. The third-order valence-corrected chi connectivity index (χ3v) is 3.74. The summed E-state index contributed by atoms with van der Waals surface area (Å²) in [6.07, 6.45) is 0.842. The van der Waals surface area contributed by atoms with Crippen molar-refractivity contribution in [3.8, 4) is 0 Å². The van der Waals surface area contributed by atoms with Crippen LogP contribution in [0.4, 0.5) is 5.82 Å². The predicted octanol–water partition coefficient (Wildman–Crippen LogP) is 2.46. The summed E-state index contributed by atoms with van der Waals surface area (Å²) in [6.45, 7) is 2.04. The molecule has 2 rings (SSSR count). The Kier molecular flexibility index (Phi) is 4.46. The first-order chi connectivity index (χ1) is 9.24. The Bertz CT molecular complexity index is 524. The smallest absolute Gasteiger partial charge is 0.272 e. The number of anilines is 1. The second-order valence-electron chi connectivity index (χ2n) is 4.00. The largest absolute Gasteiger partial charge is 0.372 e. The van der Waals surface area contributed by atoms with Gasteiger partial charge in [0.05, 0.1) is 6.04 Å². The van der Waals surface area contributed by atoms with Crippen LogP contribution in [0.25, 0.3) is 0 Å². The number of carbonyl (C=O) groups excluding carboxylic acids is 1. The third-order valence-electron chi connectivity index (χ3n) is 2.75. The number of nitrogens with zero attached hydrogens (tertiary/aromatic N) is 2. The first-order valence-corrected chi connectivity index (χ1v) is 6.98. The maximum atomic E-state index is 12.1. The van der Waals surface area contributed by atoms with Crippen molar-refractivity contribution < 1.29 is 4.79 Å². The van der Waals surface area contributed by atoms with Crippen molar-refractivity contribution in [1.29, 1.82) is 0 Å². The molecule has 2 heterocycles. The van der Waals surface area contributed by atoms with Crippen LogP contribution in [-0.2, 0) is 0 Å². The van der Waals surface area contributed by atoms with E-state index in [0.29, 0.717) is 11.5 Å². The van der Waals surface area contributed by atoms with Gasteiger partial charge in [-0.15, -0.1) is 21.5 Å². The molecule has 1 unspecified atom stereocenters. The summed E-state index contributed by atoms with van der Waals surface area (Å²) in [6, 6.07) is 7.42. The molecule has 0 saturated heterocycles. The van der Waals surface area contributed by atoms with E-state index in [4.69, 9.17) is 0 Å². The molecule has 6 heteroatoms. The lowest BCUT2D eigenvalue weighted by atomic mass is 10.2. The second-order valence-corrected chi connectivity index (χ2v) is 4.98. The van der Waals surface area contributed by atoms with Gasteiger partial charge in [0.1, 0.15) is 5.82 Å². The number of hydrogen-bond donors (Lipinski definition) is 2. The van der Waals surface area contributed by atoms with Gasteiger partial charge in [-0.3, -0.25) is 4.79 Å². The lowest BCUT2D eigenvalue weighted by Gasteiger charge is -2.14. The standard InChI is InChI=1S/C13H16N4OS/c1-3-9(11-5-4-8-19-11)15-13(18)10-6-7-12(14-2)17-16-10/h4-9H,3H2,1-2H3,(H,14,17)(H,15,18). The molecule has 19 heavy (non-hydrogen) atoms. The van der Waals surface area contributed by atoms with Gasteiger partial charge in [0.25, 0.3) is 5.91 Å². The van der Waals surface area contributed by atoms with Crippen LogP contribution >= 0.6 is 11.3 Å². The number of aromatic nitrogens is 2. The molecule has 2 aromatic rings. The Hall–Kier alpha value is -1.95. The van der Waals surface area contributed by atoms with Crippen LogP contribution in [0.2, 0.25) is 0 Å². The Labute approximate surface area is 116 Å². The minimum atomic E-state index is -0.199. The van der Waals surface area contributed by atoms with Gasteiger partial charge in [0.2, 0.25) is 0 Å². The van der Waals surface area contributed by atoms with Crippen molar-refractivity contribution in [1.82, 2.24) is 15.5 Å². The lowest BCUT2D eigenvalue weighted by Crippen LogP contribution is -2.28. The van der Waals surface area contributed by atoms with E-state index >= 15 is 0 Å². The minimum Gasteiger partial charge on any atom is -0.372 e. The van der Waals surface area contributed by atoms with Gasteiger partial charge in [0.15, 0.2) is 5.69 Å². The molecule has 1 amide bonds. The normalized spacial score (nSPS) is 11.9. The molecular weight excluding hydrogens is 260 g/mol. The Morgan fingerprint density at radius 3 is 2.74 bits per heavy atom. The summed E-state index contributed by atoms with van der Waals surface area (Å²) in [7, 11) is 1.76. The molecule has 0 bridgehead atoms. The average molecular weight is 276 g/mol. The highest BCUT2D eigenvalue weighted by atomic mass is 32.1. The molecule has 0 aliphatic heterocycles. The van der Waals surface area contributed by atoms with Crippen molar-refractivity contribution in [2.75, 3.05) is 12.4 Å². The topological polar surface area (TPSA) is 66.9 Å². The molecular formula is C13H16N4OS. The molecule has 0 spiro atoms. The zero-order chi connectivity index (χ0) is 13.7. The highest BCUT2D eigenvalue weighted by Gasteiger charge is 2.16. The molecule has 0 aromatic carbocycles. The van der Waals surface area contributed by atoms with Crippen molar-refractivity contribution in [2.45, 2.75) is 19.4 Å². The maximum Gasteiger partial charge on any atom is 0.272 e. The Morgan fingerprint density at radius 2 is 2.21 bits per heavy atom. The number of carbonyl (C=O) groups is 1. The van der Waals surface area contributed by atoms with E-state index in [1.807, 2.05) is 24.4 Å². The number of nitrogens with one attached hydrogen (secondary N) is 2. The van der Waals surface area contributed by atoms with Crippen LogP contribution in [-0.4, -0.2) is 23.2 Å². The molecule has 0 aliphatic carbocycles. The van der Waals surface area contributed by atoms with E-state index in [-0.39, 0.29) is 11.9 Å². The Balaban J connectivity index is 2.06. The van der Waals surface area contributed by atoms with Crippen LogP contribution < -0.4 is 10.6 Å². The SMILES string of the molecule is CCC(NC(=O)c1ccc(NC)nn1)c1cccs1. The molecule has 0 radical (unpaired) electrons. The number of rotatable bonds is 5. The molecule has 0 aliphatic rings. The van der Waals surface area contributed by atoms with Gasteiger partial charge in [-0.1, -0.05) is 13.0 Å². The molecule has 2 N–H and O–H groups in total. The minimum absolute atomic E-state index is 0.0262. The fourth-order valence-electron chi connectivity index (χ4n) is 1.68. The Morgan fingerprint density at radius 1 is 1.37 bits per heavy atom. The van der Waals surface area contributed by atoms with Gasteiger partial charge in [-0.25, -0.2) is 0 Å². The van der Waals surface area contributed by atoms with Gasteiger partial charge in [-0.2, -0.15) is 0 Å². The van der Waals surface area contributed by atoms with E-state index in [0.717, 1.165) is 11.3 Å². The van der Waals surface area contributed by atoms with Gasteiger partial charge >= 0.3 is 0 Å². The highest BCUT2D eigenvalue weighted by Crippen LogP contribution is 2.21. The summed E-state index contributed by atoms with van der Waals surface area (Å²) in [5.41, 5.74) is 0.328. The summed E-state index contributed by atoms with van der Waals surface area (Å²) >= 11 is 1.64. The first-order valence-electron chi connectivity index (χ1n) is 6.10. The van der Waals surface area contributed by atoms with Crippen LogP contribution in [0, 0.1) is 0 Å². The van der Waals surface area contributed by atoms with Crippen LogP contribution in [0.15, 0.2) is 29.6 Å². The van der Waals surface area contributed by atoms with Gasteiger partial charge in [-0.05, 0) is 30.0 Å². The fourth-order valence-corrected chi connectivity index (χ4v) is 2.54. The van der Waals surface area contributed by atoms with Crippen molar-refractivity contribution in [2.24, 2.45) is 0 Å². The molecule has 5 nitrogen and oxygen atoms in total.